The Labute approximate surface area is 209 Å². The predicted octanol–water partition coefficient (Wildman–Crippen LogP) is 2.00. The summed E-state index contributed by atoms with van der Waals surface area (Å²) < 4.78 is 38.2. The van der Waals surface area contributed by atoms with Gasteiger partial charge in [-0.15, -0.1) is 0 Å². The van der Waals surface area contributed by atoms with Gasteiger partial charge in [0.15, 0.2) is 17.2 Å². The Morgan fingerprint density at radius 3 is 2.61 bits per heavy atom. The molecule has 9 heteroatoms. The van der Waals surface area contributed by atoms with E-state index in [-0.39, 0.29) is 38.0 Å². The van der Waals surface area contributed by atoms with Gasteiger partial charge >= 0.3 is 5.97 Å². The lowest BCUT2D eigenvalue weighted by Crippen LogP contribution is -2.69. The fourth-order valence-corrected chi connectivity index (χ4v) is 9.05. The third-order valence-electron chi connectivity index (χ3n) is 10.6. The van der Waals surface area contributed by atoms with Crippen LogP contribution in [0.4, 0.5) is 8.78 Å². The Morgan fingerprint density at radius 1 is 1.22 bits per heavy atom. The quantitative estimate of drug-likeness (QED) is 0.488. The third kappa shape index (κ3) is 2.96. The number of halogens is 2. The van der Waals surface area contributed by atoms with E-state index in [0.717, 1.165) is 6.08 Å². The minimum absolute atomic E-state index is 0.0247. The number of Topliss-reactive ketones (excluding diaryl/α,β-unsaturated/α-hetero) is 1. The molecule has 36 heavy (non-hydrogen) atoms. The van der Waals surface area contributed by atoms with Crippen molar-refractivity contribution in [2.24, 2.45) is 34.0 Å². The van der Waals surface area contributed by atoms with Gasteiger partial charge < -0.3 is 20.3 Å². The molecule has 0 radical (unpaired) electrons. The SMILES string of the molecule is CCOC(=O)CC1NC[C@]2(C(=O)CO)[C@H]1C[C@H]1[C@@H]3C[C@H](F)C4=CC(=O)C=C[C@]4(C)[C@@]3(F)[C@@H](O)C[C@@]12C. The predicted molar refractivity (Wildman–Crippen MR) is 125 cm³/mol. The molecule has 3 N–H and O–H groups in total. The van der Waals surface area contributed by atoms with Gasteiger partial charge in [0, 0.05) is 23.9 Å². The van der Waals surface area contributed by atoms with Crippen LogP contribution >= 0.6 is 0 Å². The van der Waals surface area contributed by atoms with Gasteiger partial charge in [0.1, 0.15) is 12.8 Å². The van der Waals surface area contributed by atoms with Crippen LogP contribution in [0.1, 0.15) is 46.5 Å². The van der Waals surface area contributed by atoms with E-state index in [0.29, 0.717) is 6.42 Å². The average molecular weight is 508 g/mol. The van der Waals surface area contributed by atoms with E-state index in [9.17, 15) is 24.6 Å². The number of hydrogen-bond acceptors (Lipinski definition) is 7. The maximum absolute atomic E-state index is 17.4. The molecule has 5 aliphatic rings. The van der Waals surface area contributed by atoms with Crippen LogP contribution in [0, 0.1) is 34.0 Å². The molecule has 1 aliphatic heterocycles. The molecule has 0 aromatic carbocycles. The van der Waals surface area contributed by atoms with Crippen LogP contribution in [-0.2, 0) is 19.1 Å². The molecule has 0 spiro atoms. The number of ether oxygens (including phenoxy) is 1. The molecule has 0 aromatic heterocycles. The molecule has 1 unspecified atom stereocenters. The van der Waals surface area contributed by atoms with E-state index in [4.69, 9.17) is 4.74 Å². The maximum atomic E-state index is 17.4. The van der Waals surface area contributed by atoms with Crippen molar-refractivity contribution in [2.45, 2.75) is 70.4 Å². The molecule has 4 fully saturated rings. The number of hydrogen-bond donors (Lipinski definition) is 3. The lowest BCUT2D eigenvalue weighted by Gasteiger charge is -2.63. The number of rotatable bonds is 5. The highest BCUT2D eigenvalue weighted by Gasteiger charge is 2.78. The van der Waals surface area contributed by atoms with Crippen molar-refractivity contribution in [3.63, 3.8) is 0 Å². The first kappa shape index (κ1) is 25.7. The Morgan fingerprint density at radius 2 is 1.94 bits per heavy atom. The van der Waals surface area contributed by atoms with Gasteiger partial charge in [-0.05, 0) is 68.1 Å². The number of fused-ring (bicyclic) bond motifs is 7. The lowest BCUT2D eigenvalue weighted by molar-refractivity contribution is -0.211. The number of aliphatic hydroxyl groups is 2. The molecule has 3 saturated carbocycles. The highest BCUT2D eigenvalue weighted by molar-refractivity contribution is 6.01. The van der Waals surface area contributed by atoms with Crippen molar-refractivity contribution in [1.82, 2.24) is 5.32 Å². The summed E-state index contributed by atoms with van der Waals surface area (Å²) in [5.74, 6) is -3.02. The largest absolute Gasteiger partial charge is 0.466 e. The Bertz CT molecular complexity index is 1060. The topological polar surface area (TPSA) is 113 Å². The highest BCUT2D eigenvalue weighted by Crippen LogP contribution is 2.74. The van der Waals surface area contributed by atoms with Crippen LogP contribution in [-0.4, -0.2) is 71.5 Å². The van der Waals surface area contributed by atoms with Crippen molar-refractivity contribution >= 4 is 17.5 Å². The average Bonchev–Trinajstić information content (AvgIpc) is 3.31. The number of alkyl halides is 2. The van der Waals surface area contributed by atoms with Crippen molar-refractivity contribution in [3.8, 4) is 0 Å². The molecule has 198 valence electrons. The van der Waals surface area contributed by atoms with Crippen LogP contribution < -0.4 is 5.32 Å². The number of carbonyl (C=O) groups excluding carboxylic acids is 3. The zero-order valence-electron chi connectivity index (χ0n) is 20.9. The molecular formula is C27H35F2NO6. The first-order valence-electron chi connectivity index (χ1n) is 12.9. The molecule has 10 atom stereocenters. The lowest BCUT2D eigenvalue weighted by atomic mass is 9.43. The molecule has 1 heterocycles. The summed E-state index contributed by atoms with van der Waals surface area (Å²) in [6.45, 7) is 4.79. The maximum Gasteiger partial charge on any atom is 0.307 e. The zero-order valence-corrected chi connectivity index (χ0v) is 20.9. The summed E-state index contributed by atoms with van der Waals surface area (Å²) in [7, 11) is 0. The Kier molecular flexibility index (Phi) is 5.89. The smallest absolute Gasteiger partial charge is 0.307 e. The summed E-state index contributed by atoms with van der Waals surface area (Å²) in [5.41, 5.74) is -5.75. The number of nitrogens with one attached hydrogen (secondary N) is 1. The second-order valence-electron chi connectivity index (χ2n) is 11.8. The molecular weight excluding hydrogens is 472 g/mol. The standard InChI is InChI=1S/C27H35F2NO6/c1-4-36-23(35)10-20-18-8-15-16-9-19(28)17-7-14(32)5-6-24(17,2)27(16,29)21(33)11-25(15,3)26(18,13-30-20)22(34)12-31/h5-7,15-16,18-21,30-31,33H,4,8-13H2,1-3H3/t15-,16-,18-,19-,20?,21-,24-,25-,26+,27-/m0/s1. The summed E-state index contributed by atoms with van der Waals surface area (Å²) in [6.07, 6.45) is 0.820. The normalized spacial score (nSPS) is 49.0. The van der Waals surface area contributed by atoms with Crippen LogP contribution in [0.25, 0.3) is 0 Å². The van der Waals surface area contributed by atoms with Gasteiger partial charge in [-0.1, -0.05) is 13.0 Å². The molecule has 0 bridgehead atoms. The van der Waals surface area contributed by atoms with Crippen LogP contribution in [0.3, 0.4) is 0 Å². The number of carbonyl (C=O) groups is 3. The monoisotopic (exact) mass is 507 g/mol. The van der Waals surface area contributed by atoms with Gasteiger partial charge in [0.25, 0.3) is 0 Å². The van der Waals surface area contributed by atoms with Gasteiger partial charge in [0.05, 0.1) is 24.5 Å². The fourth-order valence-electron chi connectivity index (χ4n) is 9.05. The van der Waals surface area contributed by atoms with Crippen LogP contribution in [0.15, 0.2) is 23.8 Å². The molecule has 4 aliphatic carbocycles. The number of ketones is 2. The minimum atomic E-state index is -2.24. The third-order valence-corrected chi connectivity index (χ3v) is 10.6. The van der Waals surface area contributed by atoms with E-state index >= 15 is 8.78 Å². The highest BCUT2D eigenvalue weighted by atomic mass is 19.1. The Balaban J connectivity index is 1.60. The van der Waals surface area contributed by atoms with Gasteiger partial charge in [-0.3, -0.25) is 14.4 Å². The summed E-state index contributed by atoms with van der Waals surface area (Å²) in [6, 6.07) is -0.420. The Hall–Kier alpha value is -1.97. The van der Waals surface area contributed by atoms with Crippen LogP contribution in [0.2, 0.25) is 0 Å². The van der Waals surface area contributed by atoms with E-state index in [1.165, 1.54) is 12.2 Å². The molecule has 1 saturated heterocycles. The van der Waals surface area contributed by atoms with E-state index in [1.54, 1.807) is 13.8 Å². The van der Waals surface area contributed by atoms with Gasteiger partial charge in [0.2, 0.25) is 0 Å². The van der Waals surface area contributed by atoms with Crippen molar-refractivity contribution in [2.75, 3.05) is 19.8 Å². The molecule has 0 amide bonds. The minimum Gasteiger partial charge on any atom is -0.466 e. The fraction of sp³-hybridized carbons (Fsp3) is 0.741. The van der Waals surface area contributed by atoms with Gasteiger partial charge in [-0.25, -0.2) is 8.78 Å². The van der Waals surface area contributed by atoms with E-state index < -0.39 is 82.1 Å². The van der Waals surface area contributed by atoms with E-state index in [2.05, 4.69) is 5.32 Å². The van der Waals surface area contributed by atoms with Crippen molar-refractivity contribution in [1.29, 1.82) is 0 Å². The molecule has 5 rings (SSSR count). The van der Waals surface area contributed by atoms with E-state index in [1.807, 2.05) is 6.92 Å². The van der Waals surface area contributed by atoms with Gasteiger partial charge in [-0.2, -0.15) is 0 Å². The van der Waals surface area contributed by atoms with Crippen LogP contribution in [0.5, 0.6) is 0 Å². The first-order chi connectivity index (χ1) is 16.9. The molecule has 0 aromatic rings. The summed E-state index contributed by atoms with van der Waals surface area (Å²) in [4.78, 5) is 37.8. The van der Waals surface area contributed by atoms with Crippen molar-refractivity contribution < 1.29 is 38.1 Å². The number of aliphatic hydroxyl groups excluding tert-OH is 2. The summed E-state index contributed by atoms with van der Waals surface area (Å²) >= 11 is 0. The van der Waals surface area contributed by atoms with Crippen molar-refractivity contribution in [3.05, 3.63) is 23.8 Å². The number of allylic oxidation sites excluding steroid dienone is 4. The summed E-state index contributed by atoms with van der Waals surface area (Å²) in [5, 5.41) is 24.8. The second kappa shape index (κ2) is 8.27. The first-order valence-corrected chi connectivity index (χ1v) is 12.9. The second-order valence-corrected chi connectivity index (χ2v) is 11.8. The molecule has 7 nitrogen and oxygen atoms in total. The number of esters is 1. The zero-order chi connectivity index (χ0) is 26.3.